The normalized spacial score (nSPS) is 34.8. The number of nitrogens with zero attached hydrogens (tertiary/aromatic N) is 1. The maximum atomic E-state index is 11.7. The zero-order valence-corrected chi connectivity index (χ0v) is 10.3. The van der Waals surface area contributed by atoms with Crippen molar-refractivity contribution in [1.29, 1.82) is 0 Å². The van der Waals surface area contributed by atoms with Gasteiger partial charge >= 0.3 is 0 Å². The fourth-order valence-corrected chi connectivity index (χ4v) is 2.68. The van der Waals surface area contributed by atoms with Gasteiger partial charge in [0.2, 0.25) is 5.91 Å². The van der Waals surface area contributed by atoms with Gasteiger partial charge in [-0.3, -0.25) is 9.79 Å². The Balaban J connectivity index is 1.95. The highest BCUT2D eigenvalue weighted by Gasteiger charge is 2.31. The Morgan fingerprint density at radius 2 is 2.00 bits per heavy atom. The van der Waals surface area contributed by atoms with Gasteiger partial charge in [0.05, 0.1) is 0 Å². The monoisotopic (exact) mass is 222 g/mol. The molecule has 3 nitrogen and oxygen atoms in total. The van der Waals surface area contributed by atoms with Gasteiger partial charge in [-0.1, -0.05) is 33.1 Å². The Labute approximate surface area is 97.7 Å². The van der Waals surface area contributed by atoms with Gasteiger partial charge < -0.3 is 5.32 Å². The van der Waals surface area contributed by atoms with Crippen LogP contribution >= 0.6 is 0 Å². The minimum atomic E-state index is -0.0978. The molecule has 1 aliphatic heterocycles. The topological polar surface area (TPSA) is 41.5 Å². The van der Waals surface area contributed by atoms with E-state index in [4.69, 9.17) is 0 Å². The average molecular weight is 222 g/mol. The smallest absolute Gasteiger partial charge is 0.250 e. The molecular formula is C13H22N2O. The number of amides is 1. The molecule has 1 fully saturated rings. The lowest BCUT2D eigenvalue weighted by Crippen LogP contribution is -2.34. The van der Waals surface area contributed by atoms with Crippen LogP contribution in [0.15, 0.2) is 4.99 Å². The Morgan fingerprint density at radius 3 is 2.62 bits per heavy atom. The molecule has 1 amide bonds. The van der Waals surface area contributed by atoms with Gasteiger partial charge in [-0.25, -0.2) is 0 Å². The van der Waals surface area contributed by atoms with Gasteiger partial charge in [0.25, 0.3) is 0 Å². The molecule has 2 rings (SSSR count). The maximum absolute atomic E-state index is 11.7. The summed E-state index contributed by atoms with van der Waals surface area (Å²) < 4.78 is 0. The molecule has 2 aliphatic rings. The Hall–Kier alpha value is -0.860. The van der Waals surface area contributed by atoms with E-state index >= 15 is 0 Å². The quantitative estimate of drug-likeness (QED) is 0.783. The molecule has 1 saturated carbocycles. The number of amidine groups is 1. The SMILES string of the molecule is CCCC1N=C(C2CCC(C)CC2)NC1=O. The number of hydrogen-bond donors (Lipinski definition) is 1. The van der Waals surface area contributed by atoms with Crippen LogP contribution in [-0.4, -0.2) is 17.8 Å². The summed E-state index contributed by atoms with van der Waals surface area (Å²) >= 11 is 0. The second-order valence-corrected chi connectivity index (χ2v) is 5.26. The van der Waals surface area contributed by atoms with Gasteiger partial charge in [0, 0.05) is 5.92 Å². The van der Waals surface area contributed by atoms with Crippen molar-refractivity contribution >= 4 is 11.7 Å². The highest BCUT2D eigenvalue weighted by atomic mass is 16.2. The van der Waals surface area contributed by atoms with Gasteiger partial charge in [-0.2, -0.15) is 0 Å². The molecule has 16 heavy (non-hydrogen) atoms. The molecular weight excluding hydrogens is 200 g/mol. The lowest BCUT2D eigenvalue weighted by atomic mass is 9.82. The zero-order valence-electron chi connectivity index (χ0n) is 10.3. The van der Waals surface area contributed by atoms with E-state index in [0.717, 1.165) is 24.6 Å². The molecule has 1 N–H and O–H groups in total. The largest absolute Gasteiger partial charge is 0.312 e. The van der Waals surface area contributed by atoms with E-state index in [0.29, 0.717) is 5.92 Å². The number of hydrogen-bond acceptors (Lipinski definition) is 2. The summed E-state index contributed by atoms with van der Waals surface area (Å²) in [5.74, 6) is 2.47. The van der Waals surface area contributed by atoms with Crippen LogP contribution in [0, 0.1) is 11.8 Å². The van der Waals surface area contributed by atoms with Crippen LogP contribution < -0.4 is 5.32 Å². The van der Waals surface area contributed by atoms with Gasteiger partial charge in [-0.15, -0.1) is 0 Å². The fraction of sp³-hybridized carbons (Fsp3) is 0.846. The van der Waals surface area contributed by atoms with Crippen LogP contribution in [0.1, 0.15) is 52.4 Å². The molecule has 0 bridgehead atoms. The average Bonchev–Trinajstić information content (AvgIpc) is 2.62. The molecule has 1 aliphatic carbocycles. The van der Waals surface area contributed by atoms with E-state index in [1.165, 1.54) is 25.7 Å². The molecule has 0 saturated heterocycles. The molecule has 3 heteroatoms. The van der Waals surface area contributed by atoms with Crippen molar-refractivity contribution in [3.63, 3.8) is 0 Å². The molecule has 0 aromatic carbocycles. The van der Waals surface area contributed by atoms with E-state index in [1.807, 2.05) is 0 Å². The number of carbonyl (C=O) groups excluding carboxylic acids is 1. The Morgan fingerprint density at radius 1 is 1.31 bits per heavy atom. The summed E-state index contributed by atoms with van der Waals surface area (Å²) in [6.45, 7) is 4.41. The molecule has 0 radical (unpaired) electrons. The summed E-state index contributed by atoms with van der Waals surface area (Å²) in [7, 11) is 0. The van der Waals surface area contributed by atoms with Crippen LogP contribution in [0.5, 0.6) is 0 Å². The lowest BCUT2D eigenvalue weighted by molar-refractivity contribution is -0.120. The number of aliphatic imine (C=N–C) groups is 1. The highest BCUT2D eigenvalue weighted by molar-refractivity contribution is 6.06. The molecule has 0 aromatic heterocycles. The summed E-state index contributed by atoms with van der Waals surface area (Å²) in [6.07, 6.45) is 6.85. The summed E-state index contributed by atoms with van der Waals surface area (Å²) in [5.41, 5.74) is 0. The van der Waals surface area contributed by atoms with Crippen molar-refractivity contribution in [2.24, 2.45) is 16.8 Å². The van der Waals surface area contributed by atoms with Crippen molar-refractivity contribution in [3.05, 3.63) is 0 Å². The third-order valence-corrected chi connectivity index (χ3v) is 3.81. The minimum Gasteiger partial charge on any atom is -0.312 e. The van der Waals surface area contributed by atoms with Crippen molar-refractivity contribution in [3.8, 4) is 0 Å². The summed E-state index contributed by atoms with van der Waals surface area (Å²) in [5, 5.41) is 2.98. The van der Waals surface area contributed by atoms with Crippen LogP contribution in [-0.2, 0) is 4.79 Å². The van der Waals surface area contributed by atoms with Crippen molar-refractivity contribution in [2.75, 3.05) is 0 Å². The van der Waals surface area contributed by atoms with E-state index < -0.39 is 0 Å². The van der Waals surface area contributed by atoms with Crippen molar-refractivity contribution < 1.29 is 4.79 Å². The summed E-state index contributed by atoms with van der Waals surface area (Å²) in [4.78, 5) is 16.2. The van der Waals surface area contributed by atoms with Gasteiger partial charge in [0.1, 0.15) is 11.9 Å². The van der Waals surface area contributed by atoms with Crippen molar-refractivity contribution in [2.45, 2.75) is 58.4 Å². The third-order valence-electron chi connectivity index (χ3n) is 3.81. The zero-order chi connectivity index (χ0) is 11.5. The second kappa shape index (κ2) is 4.98. The molecule has 1 atom stereocenters. The Bertz CT molecular complexity index is 290. The van der Waals surface area contributed by atoms with Gasteiger partial charge in [-0.05, 0) is 25.2 Å². The van der Waals surface area contributed by atoms with E-state index in [2.05, 4.69) is 24.2 Å². The second-order valence-electron chi connectivity index (χ2n) is 5.26. The van der Waals surface area contributed by atoms with E-state index in [1.54, 1.807) is 0 Å². The van der Waals surface area contributed by atoms with Crippen LogP contribution in [0.4, 0.5) is 0 Å². The molecule has 0 aromatic rings. The predicted octanol–water partition coefficient (Wildman–Crippen LogP) is 2.51. The first-order valence-corrected chi connectivity index (χ1v) is 6.59. The predicted molar refractivity (Wildman–Crippen MR) is 65.4 cm³/mol. The summed E-state index contributed by atoms with van der Waals surface area (Å²) in [6, 6.07) is -0.0978. The Kier molecular flexibility index (Phi) is 3.62. The fourth-order valence-electron chi connectivity index (χ4n) is 2.68. The molecule has 1 heterocycles. The van der Waals surface area contributed by atoms with Crippen LogP contribution in [0.25, 0.3) is 0 Å². The minimum absolute atomic E-state index is 0.0978. The standard InChI is InChI=1S/C13H22N2O/c1-3-4-11-13(16)15-12(14-11)10-7-5-9(2)6-8-10/h9-11H,3-8H2,1-2H3,(H,14,15,16). The van der Waals surface area contributed by atoms with E-state index in [-0.39, 0.29) is 11.9 Å². The molecule has 0 spiro atoms. The maximum Gasteiger partial charge on any atom is 0.250 e. The lowest BCUT2D eigenvalue weighted by Gasteiger charge is -2.25. The first-order valence-electron chi connectivity index (χ1n) is 6.59. The first-order chi connectivity index (χ1) is 7.70. The molecule has 90 valence electrons. The third kappa shape index (κ3) is 2.45. The number of nitrogens with one attached hydrogen (secondary N) is 1. The first kappa shape index (κ1) is 11.6. The number of carbonyl (C=O) groups is 1. The number of rotatable bonds is 3. The highest BCUT2D eigenvalue weighted by Crippen LogP contribution is 2.30. The van der Waals surface area contributed by atoms with Crippen LogP contribution in [0.3, 0.4) is 0 Å². The van der Waals surface area contributed by atoms with E-state index in [9.17, 15) is 4.79 Å². The molecule has 1 unspecified atom stereocenters. The van der Waals surface area contributed by atoms with Crippen LogP contribution in [0.2, 0.25) is 0 Å². The van der Waals surface area contributed by atoms with Crippen molar-refractivity contribution in [1.82, 2.24) is 5.32 Å². The van der Waals surface area contributed by atoms with Gasteiger partial charge in [0.15, 0.2) is 0 Å².